The second-order valence-corrected chi connectivity index (χ2v) is 1.89. The third-order valence-corrected chi connectivity index (χ3v) is 1.31. The summed E-state index contributed by atoms with van der Waals surface area (Å²) in [5.41, 5.74) is 1.39. The molecule has 0 heterocycles. The first-order chi connectivity index (χ1) is 3.30. The topological polar surface area (TPSA) is 0 Å². The summed E-state index contributed by atoms with van der Waals surface area (Å²) in [7, 11) is 0. The minimum atomic E-state index is 0. The van der Waals surface area contributed by atoms with Crippen LogP contribution in [0.15, 0.2) is 23.8 Å². The van der Waals surface area contributed by atoms with Gasteiger partial charge in [-0.15, -0.1) is 0 Å². The van der Waals surface area contributed by atoms with Crippen molar-refractivity contribution in [1.29, 1.82) is 0 Å². The van der Waals surface area contributed by atoms with Crippen LogP contribution in [0.4, 0.5) is 0 Å². The van der Waals surface area contributed by atoms with Crippen molar-refractivity contribution in [3.05, 3.63) is 29.7 Å². The van der Waals surface area contributed by atoms with Gasteiger partial charge in [0.2, 0.25) is 0 Å². The Morgan fingerprint density at radius 2 is 1.88 bits per heavy atom. The van der Waals surface area contributed by atoms with E-state index in [2.05, 4.69) is 32.1 Å². The van der Waals surface area contributed by atoms with E-state index in [1.54, 1.807) is 0 Å². The Bertz CT molecular complexity index is 122. The van der Waals surface area contributed by atoms with Crippen LogP contribution in [-0.2, 0) is 25.8 Å². The van der Waals surface area contributed by atoms with Gasteiger partial charge in [0, 0.05) is 31.8 Å². The van der Waals surface area contributed by atoms with E-state index in [9.17, 15) is 0 Å². The summed E-state index contributed by atoms with van der Waals surface area (Å²) in [6, 6.07) is 0. The molecule has 1 aliphatic carbocycles. The molecule has 1 aliphatic rings. The van der Waals surface area contributed by atoms with E-state index in [1.807, 2.05) is 0 Å². The van der Waals surface area contributed by atoms with Crippen molar-refractivity contribution in [3.8, 4) is 0 Å². The molecule has 0 nitrogen and oxygen atoms in total. The maximum atomic E-state index is 2.12. The van der Waals surface area contributed by atoms with Crippen molar-refractivity contribution in [2.75, 3.05) is 0 Å². The van der Waals surface area contributed by atoms with E-state index in [1.165, 1.54) is 11.5 Å². The molecule has 0 saturated carbocycles. The predicted molar refractivity (Wildman–Crippen MR) is 31.8 cm³/mol. The molecule has 0 unspecified atom stereocenters. The fourth-order valence-corrected chi connectivity index (χ4v) is 0.600. The van der Waals surface area contributed by atoms with Crippen molar-refractivity contribution >= 4 is 0 Å². The van der Waals surface area contributed by atoms with E-state index < -0.39 is 0 Å². The minimum absolute atomic E-state index is 0. The van der Waals surface area contributed by atoms with E-state index in [4.69, 9.17) is 0 Å². The average Bonchev–Trinajstić information content (AvgIpc) is 1.91. The minimum Gasteiger partial charge on any atom is -0.0734 e. The smallest absolute Gasteiger partial charge is 0.0192 e. The zero-order chi connectivity index (χ0) is 5.28. The monoisotopic (exact) mass is 273 g/mol. The molecular formula is C7H9Hf. The largest absolute Gasteiger partial charge is 0.0734 e. The van der Waals surface area contributed by atoms with Crippen LogP contribution >= 0.6 is 0 Å². The molecule has 0 aromatic rings. The van der Waals surface area contributed by atoms with Crippen LogP contribution in [0.1, 0.15) is 13.8 Å². The number of hydrogen-bond donors (Lipinski definition) is 0. The third-order valence-electron chi connectivity index (χ3n) is 1.31. The van der Waals surface area contributed by atoms with Gasteiger partial charge in [-0.25, -0.2) is 0 Å². The maximum absolute atomic E-state index is 2.12. The van der Waals surface area contributed by atoms with Gasteiger partial charge < -0.3 is 0 Å². The molecule has 0 bridgehead atoms. The first-order valence-electron chi connectivity index (χ1n) is 2.49. The summed E-state index contributed by atoms with van der Waals surface area (Å²) in [5, 5.41) is 0. The van der Waals surface area contributed by atoms with Gasteiger partial charge in [-0.3, -0.25) is 0 Å². The summed E-state index contributed by atoms with van der Waals surface area (Å²) >= 11 is 0. The Balaban J connectivity index is 0.000000490. The molecule has 0 amide bonds. The molecule has 1 radical (unpaired) electrons. The molecule has 0 spiro atoms. The molecular weight excluding hydrogens is 263 g/mol. The van der Waals surface area contributed by atoms with Gasteiger partial charge in [0.1, 0.15) is 0 Å². The molecule has 0 N–H and O–H groups in total. The number of rotatable bonds is 0. The Kier molecular flexibility index (Phi) is 3.54. The van der Waals surface area contributed by atoms with Gasteiger partial charge in [0.25, 0.3) is 0 Å². The summed E-state index contributed by atoms with van der Waals surface area (Å²) < 4.78 is 0. The second kappa shape index (κ2) is 3.39. The molecule has 0 aromatic heterocycles. The van der Waals surface area contributed by atoms with Gasteiger partial charge in [0.15, 0.2) is 0 Å². The van der Waals surface area contributed by atoms with Crippen LogP contribution in [0.25, 0.3) is 0 Å². The molecule has 8 heavy (non-hydrogen) atoms. The van der Waals surface area contributed by atoms with Crippen molar-refractivity contribution < 1.29 is 25.8 Å². The number of allylic oxidation sites excluding steroid dienone is 4. The normalized spacial score (nSPS) is 18.0. The van der Waals surface area contributed by atoms with Gasteiger partial charge in [-0.2, -0.15) is 0 Å². The zero-order valence-corrected chi connectivity index (χ0v) is 8.82. The van der Waals surface area contributed by atoms with Crippen molar-refractivity contribution in [2.24, 2.45) is 0 Å². The maximum Gasteiger partial charge on any atom is 0.0192 e. The summed E-state index contributed by atoms with van der Waals surface area (Å²) in [6.45, 7) is 4.24. The van der Waals surface area contributed by atoms with Crippen molar-refractivity contribution in [1.82, 2.24) is 0 Å². The van der Waals surface area contributed by atoms with Crippen LogP contribution < -0.4 is 0 Å². The average molecular weight is 272 g/mol. The van der Waals surface area contributed by atoms with E-state index in [-0.39, 0.29) is 25.8 Å². The summed E-state index contributed by atoms with van der Waals surface area (Å²) in [6.07, 6.45) is 6.31. The Hall–Kier alpha value is 0.350. The quantitative estimate of drug-likeness (QED) is 0.592. The molecule has 0 aliphatic heterocycles. The summed E-state index contributed by atoms with van der Waals surface area (Å²) in [5.74, 6) is 1.39. The fourth-order valence-electron chi connectivity index (χ4n) is 0.600. The molecule has 0 fully saturated rings. The Morgan fingerprint density at radius 3 is 2.00 bits per heavy atom. The molecule has 0 aromatic carbocycles. The predicted octanol–water partition coefficient (Wildman–Crippen LogP) is 2.09. The van der Waals surface area contributed by atoms with Crippen LogP contribution in [-0.4, -0.2) is 0 Å². The van der Waals surface area contributed by atoms with Crippen LogP contribution in [0, 0.1) is 5.92 Å². The third kappa shape index (κ3) is 1.70. The molecule has 0 saturated heterocycles. The first-order valence-corrected chi connectivity index (χ1v) is 2.49. The van der Waals surface area contributed by atoms with Crippen LogP contribution in [0.3, 0.4) is 0 Å². The van der Waals surface area contributed by atoms with Gasteiger partial charge in [-0.1, -0.05) is 30.7 Å². The van der Waals surface area contributed by atoms with Crippen LogP contribution in [0.2, 0.25) is 0 Å². The standard InChI is InChI=1S/C7H9.Hf/c1-6-4-3-5-7(6)2;/h3-5H,1-2H3;. The number of hydrogen-bond acceptors (Lipinski definition) is 0. The fraction of sp³-hybridized carbons (Fsp3) is 0.286. The summed E-state index contributed by atoms with van der Waals surface area (Å²) in [4.78, 5) is 0. The van der Waals surface area contributed by atoms with Crippen molar-refractivity contribution in [2.45, 2.75) is 13.8 Å². The Labute approximate surface area is 69.5 Å². The molecule has 1 rings (SSSR count). The zero-order valence-electron chi connectivity index (χ0n) is 5.23. The molecule has 1 heteroatoms. The second-order valence-electron chi connectivity index (χ2n) is 1.89. The Morgan fingerprint density at radius 1 is 1.25 bits per heavy atom. The van der Waals surface area contributed by atoms with Gasteiger partial charge in [0.05, 0.1) is 0 Å². The molecule has 0 atom stereocenters. The van der Waals surface area contributed by atoms with Gasteiger partial charge in [-0.05, 0) is 6.92 Å². The van der Waals surface area contributed by atoms with Gasteiger partial charge >= 0.3 is 0 Å². The van der Waals surface area contributed by atoms with E-state index in [0.717, 1.165) is 0 Å². The first kappa shape index (κ1) is 8.35. The van der Waals surface area contributed by atoms with Crippen LogP contribution in [0.5, 0.6) is 0 Å². The van der Waals surface area contributed by atoms with E-state index >= 15 is 0 Å². The molecule has 41 valence electrons. The SMILES string of the molecule is C[C]1C=CC=C1C.[Hf]. The van der Waals surface area contributed by atoms with E-state index in [0.29, 0.717) is 0 Å². The van der Waals surface area contributed by atoms with Crippen molar-refractivity contribution in [3.63, 3.8) is 0 Å².